The fourth-order valence-corrected chi connectivity index (χ4v) is 5.69. The van der Waals surface area contributed by atoms with Gasteiger partial charge in [-0.1, -0.05) is 23.7 Å². The summed E-state index contributed by atoms with van der Waals surface area (Å²) in [4.78, 5) is 12.3. The van der Waals surface area contributed by atoms with E-state index in [1.165, 1.54) is 42.5 Å². The number of aryl methyl sites for hydroxylation is 1. The molecule has 2 aromatic rings. The molecule has 3 N–H and O–H groups in total. The molecule has 1 aliphatic heterocycles. The maximum atomic E-state index is 6.31. The first-order valence-electron chi connectivity index (χ1n) is 11.9. The average molecular weight is 440 g/mol. The highest BCUT2D eigenvalue weighted by molar-refractivity contribution is 6.30. The summed E-state index contributed by atoms with van der Waals surface area (Å²) in [5.41, 5.74) is 11.4. The lowest BCUT2D eigenvalue weighted by Gasteiger charge is -2.44. The minimum absolute atomic E-state index is 0.0657. The molecule has 2 fully saturated rings. The highest BCUT2D eigenvalue weighted by atomic mass is 35.5. The van der Waals surface area contributed by atoms with Gasteiger partial charge < -0.3 is 11.1 Å². The van der Waals surface area contributed by atoms with E-state index >= 15 is 0 Å². The number of anilines is 1. The predicted octanol–water partition coefficient (Wildman–Crippen LogP) is 4.46. The lowest BCUT2D eigenvalue weighted by Crippen LogP contribution is -2.47. The van der Waals surface area contributed by atoms with E-state index in [1.807, 2.05) is 6.07 Å². The molecule has 0 radical (unpaired) electrons. The zero-order valence-corrected chi connectivity index (χ0v) is 19.3. The van der Waals surface area contributed by atoms with Gasteiger partial charge in [-0.2, -0.15) is 0 Å². The molecule has 5 rings (SSSR count). The van der Waals surface area contributed by atoms with Crippen LogP contribution >= 0.6 is 11.6 Å². The van der Waals surface area contributed by atoms with Crippen molar-refractivity contribution in [3.05, 3.63) is 51.8 Å². The van der Waals surface area contributed by atoms with Crippen LogP contribution < -0.4 is 11.1 Å². The minimum atomic E-state index is 0.0657. The van der Waals surface area contributed by atoms with Gasteiger partial charge in [0.05, 0.1) is 5.69 Å². The van der Waals surface area contributed by atoms with Crippen molar-refractivity contribution in [2.75, 3.05) is 25.0 Å². The molecule has 0 amide bonds. The van der Waals surface area contributed by atoms with E-state index in [9.17, 15) is 0 Å². The topological polar surface area (TPSA) is 67.1 Å². The molecule has 2 heterocycles. The molecule has 0 spiro atoms. The van der Waals surface area contributed by atoms with Crippen LogP contribution in [0, 0.1) is 12.8 Å². The Morgan fingerprint density at radius 2 is 2.00 bits per heavy atom. The second kappa shape index (κ2) is 8.68. The zero-order chi connectivity index (χ0) is 21.4. The van der Waals surface area contributed by atoms with Crippen molar-refractivity contribution in [1.29, 1.82) is 0 Å². The molecule has 0 atom stereocenters. The quantitative estimate of drug-likeness (QED) is 0.695. The Balaban J connectivity index is 1.25. The molecule has 2 aliphatic carbocycles. The predicted molar refractivity (Wildman–Crippen MR) is 127 cm³/mol. The Hall–Kier alpha value is -1.69. The number of nitrogens with two attached hydrogens (primary N) is 1. The molecule has 5 nitrogen and oxygen atoms in total. The smallest absolute Gasteiger partial charge is 0.223 e. The molecule has 6 heteroatoms. The maximum absolute atomic E-state index is 6.31. The van der Waals surface area contributed by atoms with Crippen LogP contribution in [0.4, 0.5) is 5.95 Å². The number of fused-ring (bicyclic) bond motifs is 1. The highest BCUT2D eigenvalue weighted by Crippen LogP contribution is 2.41. The van der Waals surface area contributed by atoms with Crippen LogP contribution in [0.1, 0.15) is 61.0 Å². The van der Waals surface area contributed by atoms with Crippen LogP contribution in [0.3, 0.4) is 0 Å². The molecule has 3 aliphatic rings. The molecule has 2 saturated carbocycles. The molecule has 31 heavy (non-hydrogen) atoms. The monoisotopic (exact) mass is 439 g/mol. The summed E-state index contributed by atoms with van der Waals surface area (Å²) < 4.78 is 0. The van der Waals surface area contributed by atoms with Crippen LogP contribution in [-0.4, -0.2) is 40.5 Å². The maximum Gasteiger partial charge on any atom is 0.223 e. The summed E-state index contributed by atoms with van der Waals surface area (Å²) in [6, 6.07) is 8.93. The lowest BCUT2D eigenvalue weighted by molar-refractivity contribution is 0.112. The van der Waals surface area contributed by atoms with Crippen LogP contribution in [0.5, 0.6) is 0 Å². The number of halogens is 1. The van der Waals surface area contributed by atoms with Gasteiger partial charge in [-0.15, -0.1) is 0 Å². The van der Waals surface area contributed by atoms with E-state index in [4.69, 9.17) is 27.3 Å². The SMILES string of the molecule is Cc1nc(NCC2CC2)nc2c1CN([C@H]1CC[C@](CN)(c3cccc(Cl)c3)CC1)CC2. The third-order valence-electron chi connectivity index (χ3n) is 7.80. The molecule has 1 aromatic carbocycles. The molecule has 0 unspecified atom stereocenters. The van der Waals surface area contributed by atoms with Gasteiger partial charge in [-0.25, -0.2) is 9.97 Å². The number of aromatic nitrogens is 2. The van der Waals surface area contributed by atoms with Crippen LogP contribution in [-0.2, 0) is 18.4 Å². The number of nitrogens with one attached hydrogen (secondary N) is 1. The van der Waals surface area contributed by atoms with Crippen molar-refractivity contribution in [2.45, 2.75) is 69.9 Å². The lowest BCUT2D eigenvalue weighted by atomic mass is 9.68. The highest BCUT2D eigenvalue weighted by Gasteiger charge is 2.38. The number of hydrogen-bond donors (Lipinski definition) is 2. The first kappa shape index (κ1) is 21.2. The van der Waals surface area contributed by atoms with Gasteiger partial charge >= 0.3 is 0 Å². The minimum Gasteiger partial charge on any atom is -0.354 e. The van der Waals surface area contributed by atoms with E-state index in [2.05, 4.69) is 35.3 Å². The average Bonchev–Trinajstić information content (AvgIpc) is 3.62. The van der Waals surface area contributed by atoms with Gasteiger partial charge in [0.2, 0.25) is 5.95 Å². The van der Waals surface area contributed by atoms with Gasteiger partial charge in [0.15, 0.2) is 0 Å². The van der Waals surface area contributed by atoms with Gasteiger partial charge in [0, 0.05) is 60.3 Å². The van der Waals surface area contributed by atoms with Crippen molar-refractivity contribution in [1.82, 2.24) is 14.9 Å². The van der Waals surface area contributed by atoms with E-state index in [1.54, 1.807) is 0 Å². The Morgan fingerprint density at radius 3 is 2.71 bits per heavy atom. The van der Waals surface area contributed by atoms with Crippen molar-refractivity contribution in [3.63, 3.8) is 0 Å². The van der Waals surface area contributed by atoms with Crippen LogP contribution in [0.25, 0.3) is 0 Å². The van der Waals surface area contributed by atoms with Crippen molar-refractivity contribution in [3.8, 4) is 0 Å². The van der Waals surface area contributed by atoms with Crippen molar-refractivity contribution in [2.24, 2.45) is 11.7 Å². The molecular weight excluding hydrogens is 406 g/mol. The van der Waals surface area contributed by atoms with E-state index in [-0.39, 0.29) is 5.41 Å². The Morgan fingerprint density at radius 1 is 1.19 bits per heavy atom. The summed E-state index contributed by atoms with van der Waals surface area (Å²) >= 11 is 6.28. The second-order valence-corrected chi connectivity index (χ2v) is 10.3. The number of rotatable bonds is 6. The first-order valence-corrected chi connectivity index (χ1v) is 12.2. The normalized spacial score (nSPS) is 26.5. The van der Waals surface area contributed by atoms with Crippen LogP contribution in [0.15, 0.2) is 24.3 Å². The third-order valence-corrected chi connectivity index (χ3v) is 8.03. The third kappa shape index (κ3) is 4.46. The standard InChI is InChI=1S/C25H34ClN5/c1-17-22-15-31(12-9-23(22)30-24(29-17)28-14-18-5-6-18)21-7-10-25(16-27,11-8-21)19-3-2-4-20(26)13-19/h2-4,13,18,21H,5-12,14-16,27H2,1H3,(H,28,29,30)/t21-,25-. The summed E-state index contributed by atoms with van der Waals surface area (Å²) in [6.45, 7) is 5.91. The van der Waals surface area contributed by atoms with Gasteiger partial charge in [-0.05, 0) is 69.1 Å². The van der Waals surface area contributed by atoms with Gasteiger partial charge in [0.25, 0.3) is 0 Å². The zero-order valence-electron chi connectivity index (χ0n) is 18.5. The number of hydrogen-bond acceptors (Lipinski definition) is 5. The second-order valence-electron chi connectivity index (χ2n) is 9.83. The summed E-state index contributed by atoms with van der Waals surface area (Å²) in [7, 11) is 0. The van der Waals surface area contributed by atoms with Crippen LogP contribution in [0.2, 0.25) is 5.02 Å². The molecule has 1 aromatic heterocycles. The first-order chi connectivity index (χ1) is 15.1. The summed E-state index contributed by atoms with van der Waals surface area (Å²) in [5, 5.41) is 4.26. The molecular formula is C25H34ClN5. The molecule has 0 bridgehead atoms. The van der Waals surface area contributed by atoms with E-state index < -0.39 is 0 Å². The van der Waals surface area contributed by atoms with Crippen molar-refractivity contribution < 1.29 is 0 Å². The molecule has 166 valence electrons. The Kier molecular flexibility index (Phi) is 5.93. The molecule has 0 saturated heterocycles. The van der Waals surface area contributed by atoms with Gasteiger partial charge in [-0.3, -0.25) is 4.90 Å². The largest absolute Gasteiger partial charge is 0.354 e. The van der Waals surface area contributed by atoms with Crippen molar-refractivity contribution >= 4 is 17.5 Å². The number of benzene rings is 1. The fraction of sp³-hybridized carbons (Fsp3) is 0.600. The summed E-state index contributed by atoms with van der Waals surface area (Å²) in [5.74, 6) is 1.65. The Labute approximate surface area is 190 Å². The van der Waals surface area contributed by atoms with Gasteiger partial charge in [0.1, 0.15) is 0 Å². The van der Waals surface area contributed by atoms with E-state index in [0.29, 0.717) is 12.6 Å². The summed E-state index contributed by atoms with van der Waals surface area (Å²) in [6.07, 6.45) is 8.31. The van der Waals surface area contributed by atoms with E-state index in [0.717, 1.165) is 61.5 Å². The Bertz CT molecular complexity index is 934. The number of nitrogens with zero attached hydrogens (tertiary/aromatic N) is 3. The fourth-order valence-electron chi connectivity index (χ4n) is 5.50.